The number of halogens is 18. The van der Waals surface area contributed by atoms with Crippen LogP contribution in [0.5, 0.6) is 6.01 Å². The molecule has 4 heterocycles. The van der Waals surface area contributed by atoms with E-state index in [0.29, 0.717) is 101 Å². The highest BCUT2D eigenvalue weighted by atomic mass is 19.4. The summed E-state index contributed by atoms with van der Waals surface area (Å²) in [6.07, 6.45) is -21.4. The van der Waals surface area contributed by atoms with Crippen LogP contribution in [0.2, 0.25) is 0 Å². The van der Waals surface area contributed by atoms with Crippen LogP contribution in [0.25, 0.3) is 0 Å². The van der Waals surface area contributed by atoms with Crippen LogP contribution >= 0.6 is 0 Å². The van der Waals surface area contributed by atoms with E-state index in [1.165, 1.54) is 38.0 Å². The molecule has 0 unspecified atom stereocenters. The van der Waals surface area contributed by atoms with Gasteiger partial charge in [0.15, 0.2) is 0 Å². The van der Waals surface area contributed by atoms with Crippen molar-refractivity contribution >= 4 is 0 Å². The van der Waals surface area contributed by atoms with Crippen molar-refractivity contribution in [1.29, 1.82) is 0 Å². The second kappa shape index (κ2) is 31.9. The Balaban J connectivity index is 0.000000166. The molecule has 9 aromatic rings. The van der Waals surface area contributed by atoms with Gasteiger partial charge in [-0.05, 0) is 193 Å². The van der Waals surface area contributed by atoms with E-state index in [9.17, 15) is 93.7 Å². The van der Waals surface area contributed by atoms with Crippen molar-refractivity contribution in [2.45, 2.75) is 193 Å². The first-order chi connectivity index (χ1) is 52.4. The van der Waals surface area contributed by atoms with Gasteiger partial charge in [-0.1, -0.05) is 96.1 Å². The molecule has 6 aromatic carbocycles. The van der Waals surface area contributed by atoms with E-state index in [4.69, 9.17) is 18.9 Å². The minimum Gasteiger partial charge on any atom is -0.461 e. The first-order valence-electron chi connectivity index (χ1n) is 35.7. The van der Waals surface area contributed by atoms with Gasteiger partial charge in [-0.2, -0.15) is 89.2 Å². The third kappa shape index (κ3) is 18.3. The number of aromatic amines is 2. The van der Waals surface area contributed by atoms with Crippen LogP contribution in [-0.2, 0) is 84.1 Å². The van der Waals surface area contributed by atoms with Gasteiger partial charge in [0.05, 0.1) is 89.2 Å². The number of aliphatic hydroxyl groups excluding tert-OH is 1. The standard InChI is InChI=1S/C26H27F6N3O3.C26H25F6N3O2.C26H27F6N3O2/c1-17(18-11-20(25(27,28)29)13-21(12-18)26(30,31)32)38-15-23(19-5-3-2-4-6-19)7-9-24(14-36,10-8-23)35-16-33-34-22(35)37;1-17(18-11-20(25(27,28)29)13-21(12-18)26(30,31)32)36-14-23(19-5-3-2-4-6-19)7-9-24(10-8-23)15-37-22-34-33-16-35(22)24;1-17(18-12-20(25(27,28)29)14-21(13-18)26(30,31)32)37-15-24(19-6-4-3-5-7-19)10-8-23(2,9-11-24)35-16-33-34-22(35)36/h2-6,11-13,16-17,36H,7-10,14-15H2,1H3,(H,34,37);2-6,11-13,16-17H,7-10,14-15H2,1H3;3-7,12-14,16-17H,8-11,15H2,1-2H3,(H,34,36)/t3*17-,23?,24?/m111/s1. The molecule has 1 aliphatic heterocycles. The number of alkyl halides is 18. The van der Waals surface area contributed by atoms with Crippen molar-refractivity contribution in [3.63, 3.8) is 0 Å². The maximum absolute atomic E-state index is 13.4. The zero-order chi connectivity index (χ0) is 81.3. The van der Waals surface area contributed by atoms with Crippen molar-refractivity contribution < 1.29 is 103 Å². The van der Waals surface area contributed by atoms with Crippen molar-refractivity contribution in [2.75, 3.05) is 33.0 Å². The van der Waals surface area contributed by atoms with E-state index in [1.54, 1.807) is 10.9 Å². The summed E-state index contributed by atoms with van der Waals surface area (Å²) in [7, 11) is 0. The van der Waals surface area contributed by atoms with Gasteiger partial charge in [-0.3, -0.25) is 13.7 Å². The van der Waals surface area contributed by atoms with Crippen LogP contribution in [0.1, 0.15) is 190 Å². The highest BCUT2D eigenvalue weighted by Gasteiger charge is 2.52. The second-order valence-electron chi connectivity index (χ2n) is 29.8. The molecule has 0 amide bonds. The lowest BCUT2D eigenvalue weighted by Gasteiger charge is -2.46. The fraction of sp³-hybridized carbons (Fsp3) is 0.462. The molecule has 3 aliphatic carbocycles. The van der Waals surface area contributed by atoms with Crippen LogP contribution in [0.3, 0.4) is 0 Å². The molecule has 0 radical (unpaired) electrons. The lowest BCUT2D eigenvalue weighted by molar-refractivity contribution is -0.145. The van der Waals surface area contributed by atoms with Gasteiger partial charge in [-0.15, -0.1) is 5.10 Å². The molecule has 112 heavy (non-hydrogen) atoms. The smallest absolute Gasteiger partial charge is 0.416 e. The highest BCUT2D eigenvalue weighted by Crippen LogP contribution is 2.53. The molecule has 34 heteroatoms. The predicted octanol–water partition coefficient (Wildman–Crippen LogP) is 18.9. The molecule has 13 rings (SSSR count). The van der Waals surface area contributed by atoms with Crippen molar-refractivity contribution in [2.24, 2.45) is 0 Å². The van der Waals surface area contributed by atoms with Gasteiger partial charge in [0.25, 0.3) is 0 Å². The zero-order valence-electron chi connectivity index (χ0n) is 60.7. The lowest BCUT2D eigenvalue weighted by Crippen LogP contribution is -2.50. The van der Waals surface area contributed by atoms with Crippen LogP contribution < -0.4 is 16.1 Å². The summed E-state index contributed by atoms with van der Waals surface area (Å²) in [5, 5.41) is 30.4. The molecular weight excluding hydrogens is 1520 g/mol. The van der Waals surface area contributed by atoms with Gasteiger partial charge in [0, 0.05) is 21.8 Å². The van der Waals surface area contributed by atoms with Crippen LogP contribution in [-0.4, -0.2) is 82.4 Å². The maximum atomic E-state index is 13.4. The molecule has 604 valence electrons. The van der Waals surface area contributed by atoms with E-state index < -0.39 is 122 Å². The number of aliphatic hydroxyl groups is 1. The molecule has 4 aliphatic rings. The summed E-state index contributed by atoms with van der Waals surface area (Å²) in [6, 6.07) is 33.4. The molecule has 1 spiro atoms. The molecular formula is C78H79F18N9O7. The number of ether oxygens (including phenoxy) is 4. The summed E-state index contributed by atoms with van der Waals surface area (Å²) in [5.41, 5.74) is -10.1. The number of hydrogen-bond acceptors (Lipinski definition) is 11. The number of nitrogens with zero attached hydrogens (tertiary/aromatic N) is 7. The number of H-pyrrole nitrogens is 2. The summed E-state index contributed by atoms with van der Waals surface area (Å²) in [4.78, 5) is 24.4. The second-order valence-corrected chi connectivity index (χ2v) is 29.8. The molecule has 3 N–H and O–H groups in total. The topological polar surface area (TPSA) is 189 Å². The Bertz CT molecular complexity index is 4660. The van der Waals surface area contributed by atoms with Crippen LogP contribution in [0, 0.1) is 0 Å². The van der Waals surface area contributed by atoms with E-state index in [-0.39, 0.29) is 72.5 Å². The van der Waals surface area contributed by atoms with Crippen molar-refractivity contribution in [1.82, 2.24) is 44.3 Å². The fourth-order valence-corrected chi connectivity index (χ4v) is 15.6. The minimum atomic E-state index is -4.96. The SMILES string of the molecule is C[C@@H](OCC1(c2ccccc2)CCC(C)(n2cn[nH]c2=O)CC1)c1cc(C(F)(F)F)cc(C(F)(F)F)c1.C[C@@H](OCC1(c2ccccc2)CCC(CO)(n2cn[nH]c2=O)CC1)c1cc(C(F)(F)F)cc(C(F)(F)F)c1.C[C@@H](OCC1(c2ccccc2)CCC2(CC1)COc1nncn12)c1cc(C(F)(F)F)cc(C(F)(F)F)c1. The zero-order valence-corrected chi connectivity index (χ0v) is 60.7. The Kier molecular flexibility index (Phi) is 23.9. The normalized spacial score (nSPS) is 23.9. The Hall–Kier alpha value is -9.28. The minimum absolute atomic E-state index is 0.0115. The number of benzene rings is 6. The van der Waals surface area contributed by atoms with Crippen molar-refractivity contribution in [3.05, 3.63) is 252 Å². The quantitative estimate of drug-likeness (QED) is 0.0693. The monoisotopic (exact) mass is 1600 g/mol. The summed E-state index contributed by atoms with van der Waals surface area (Å²) < 4.78 is 269. The Labute approximate surface area is 629 Å². The van der Waals surface area contributed by atoms with E-state index in [2.05, 4.69) is 30.6 Å². The third-order valence-electron chi connectivity index (χ3n) is 22.8. The fourth-order valence-electron chi connectivity index (χ4n) is 15.6. The molecule has 0 saturated heterocycles. The first kappa shape index (κ1) is 83.6. The molecule has 0 bridgehead atoms. The number of nitrogens with one attached hydrogen (secondary N) is 2. The number of aromatic nitrogens is 9. The molecule has 3 saturated carbocycles. The van der Waals surface area contributed by atoms with Gasteiger partial charge in [-0.25, -0.2) is 19.8 Å². The largest absolute Gasteiger partial charge is 0.461 e. The van der Waals surface area contributed by atoms with E-state index in [0.717, 1.165) is 41.7 Å². The summed E-state index contributed by atoms with van der Waals surface area (Å²) in [5.74, 6) is 0. The van der Waals surface area contributed by atoms with Gasteiger partial charge in [0.2, 0.25) is 0 Å². The first-order valence-corrected chi connectivity index (χ1v) is 35.7. The number of hydrogen-bond donors (Lipinski definition) is 3. The predicted molar refractivity (Wildman–Crippen MR) is 370 cm³/mol. The number of rotatable bonds is 18. The molecule has 3 atom stereocenters. The Morgan fingerprint density at radius 2 is 0.723 bits per heavy atom. The summed E-state index contributed by atoms with van der Waals surface area (Å²) in [6.45, 7) is 6.72. The Morgan fingerprint density at radius 1 is 0.420 bits per heavy atom. The number of fused-ring (bicyclic) bond motifs is 2. The third-order valence-corrected chi connectivity index (χ3v) is 22.8. The maximum Gasteiger partial charge on any atom is 0.416 e. The lowest BCUT2D eigenvalue weighted by atomic mass is 9.64. The van der Waals surface area contributed by atoms with Gasteiger partial charge in [0.1, 0.15) is 25.6 Å². The van der Waals surface area contributed by atoms with Crippen LogP contribution in [0.15, 0.2) is 174 Å². The highest BCUT2D eigenvalue weighted by molar-refractivity contribution is 5.39. The average molecular weight is 1600 g/mol. The molecule has 3 fully saturated rings. The van der Waals surface area contributed by atoms with Gasteiger partial charge >= 0.3 is 54.4 Å². The van der Waals surface area contributed by atoms with Gasteiger partial charge < -0.3 is 24.1 Å². The molecule has 3 aromatic heterocycles. The Morgan fingerprint density at radius 3 is 1.02 bits per heavy atom. The average Bonchev–Trinajstić information content (AvgIpc) is 1.61. The van der Waals surface area contributed by atoms with Crippen LogP contribution in [0.4, 0.5) is 79.0 Å². The van der Waals surface area contributed by atoms with E-state index in [1.807, 2.05) is 102 Å². The van der Waals surface area contributed by atoms with E-state index >= 15 is 0 Å². The summed E-state index contributed by atoms with van der Waals surface area (Å²) >= 11 is 0. The van der Waals surface area contributed by atoms with Crippen molar-refractivity contribution in [3.8, 4) is 6.01 Å². The molecule has 16 nitrogen and oxygen atoms in total.